The fourth-order valence-corrected chi connectivity index (χ4v) is 6.55. The molecule has 0 rings (SSSR count). The van der Waals surface area contributed by atoms with Gasteiger partial charge in [0.15, 0.2) is 0 Å². The van der Waals surface area contributed by atoms with Crippen molar-refractivity contribution in [1.82, 2.24) is 0 Å². The molecule has 0 saturated heterocycles. The number of hydrogen-bond donors (Lipinski definition) is 2. The van der Waals surface area contributed by atoms with Crippen LogP contribution in [0.15, 0.2) is 0 Å². The van der Waals surface area contributed by atoms with Crippen molar-refractivity contribution in [1.29, 1.82) is 0 Å². The van der Waals surface area contributed by atoms with Crippen LogP contribution in [0, 0.1) is 0 Å². The molecule has 0 radical (unpaired) electrons. The minimum Gasteiger partial charge on any atom is -0.390 e. The molecule has 0 spiro atoms. The van der Waals surface area contributed by atoms with E-state index in [1.54, 1.807) is 0 Å². The number of aliphatic hydroxyl groups excluding tert-OH is 2. The van der Waals surface area contributed by atoms with Gasteiger partial charge in [0.1, 0.15) is 0 Å². The SMILES string of the molecule is CCCCCCCCCCCCCCCCCCCCCCCCCCCCCCCCCCCCC(O)C(O)CC. The van der Waals surface area contributed by atoms with E-state index in [0.29, 0.717) is 6.42 Å². The second-order valence-electron chi connectivity index (χ2n) is 14.0. The molecule has 0 aliphatic rings. The van der Waals surface area contributed by atoms with Crippen molar-refractivity contribution in [2.75, 3.05) is 0 Å². The van der Waals surface area contributed by atoms with Crippen LogP contribution in [0.2, 0.25) is 0 Å². The van der Waals surface area contributed by atoms with Gasteiger partial charge >= 0.3 is 0 Å². The third kappa shape index (κ3) is 34.4. The van der Waals surface area contributed by atoms with Crippen LogP contribution < -0.4 is 0 Å². The fraction of sp³-hybridized carbons (Fsp3) is 1.00. The Bertz CT molecular complexity index is 465. The molecule has 2 heteroatoms. The van der Waals surface area contributed by atoms with Crippen LogP contribution in [-0.2, 0) is 0 Å². The third-order valence-electron chi connectivity index (χ3n) is 9.72. The Morgan fingerprint density at radius 1 is 0.262 bits per heavy atom. The summed E-state index contributed by atoms with van der Waals surface area (Å²) in [6.45, 7) is 4.23. The van der Waals surface area contributed by atoms with Crippen molar-refractivity contribution in [3.05, 3.63) is 0 Å². The summed E-state index contributed by atoms with van der Waals surface area (Å²) < 4.78 is 0. The summed E-state index contributed by atoms with van der Waals surface area (Å²) in [6.07, 6.45) is 49.0. The molecule has 0 aliphatic heterocycles. The van der Waals surface area contributed by atoms with E-state index in [1.807, 2.05) is 6.92 Å². The molecule has 2 nitrogen and oxygen atoms in total. The van der Waals surface area contributed by atoms with E-state index in [1.165, 1.54) is 212 Å². The summed E-state index contributed by atoms with van der Waals surface area (Å²) in [5, 5.41) is 19.4. The third-order valence-corrected chi connectivity index (χ3v) is 9.72. The molecular formula is C40H82O2. The molecule has 2 unspecified atom stereocenters. The van der Waals surface area contributed by atoms with Crippen LogP contribution in [0.1, 0.15) is 245 Å². The van der Waals surface area contributed by atoms with Crippen molar-refractivity contribution >= 4 is 0 Å². The van der Waals surface area contributed by atoms with Crippen LogP contribution in [-0.4, -0.2) is 22.4 Å². The maximum atomic E-state index is 9.79. The van der Waals surface area contributed by atoms with E-state index in [0.717, 1.165) is 12.8 Å². The lowest BCUT2D eigenvalue weighted by molar-refractivity contribution is 0.0114. The molecular weight excluding hydrogens is 512 g/mol. The highest BCUT2D eigenvalue weighted by Gasteiger charge is 2.12. The summed E-state index contributed by atoms with van der Waals surface area (Å²) >= 11 is 0. The van der Waals surface area contributed by atoms with Crippen molar-refractivity contribution in [2.45, 2.75) is 257 Å². The van der Waals surface area contributed by atoms with E-state index in [4.69, 9.17) is 0 Å². The molecule has 0 amide bonds. The zero-order chi connectivity index (χ0) is 30.6. The highest BCUT2D eigenvalue weighted by Crippen LogP contribution is 2.17. The van der Waals surface area contributed by atoms with Gasteiger partial charge in [-0.15, -0.1) is 0 Å². The molecule has 0 aromatic carbocycles. The van der Waals surface area contributed by atoms with Gasteiger partial charge in [-0.2, -0.15) is 0 Å². The zero-order valence-corrected chi connectivity index (χ0v) is 29.5. The van der Waals surface area contributed by atoms with Crippen LogP contribution in [0.5, 0.6) is 0 Å². The predicted molar refractivity (Wildman–Crippen MR) is 190 cm³/mol. The first-order valence-corrected chi connectivity index (χ1v) is 20.1. The minimum absolute atomic E-state index is 0.515. The van der Waals surface area contributed by atoms with E-state index >= 15 is 0 Å². The second-order valence-corrected chi connectivity index (χ2v) is 14.0. The molecule has 42 heavy (non-hydrogen) atoms. The summed E-state index contributed by atoms with van der Waals surface area (Å²) in [5.41, 5.74) is 0. The predicted octanol–water partition coefficient (Wildman–Crippen LogP) is 13.8. The molecule has 254 valence electrons. The topological polar surface area (TPSA) is 40.5 Å². The van der Waals surface area contributed by atoms with Gasteiger partial charge in [0.2, 0.25) is 0 Å². The van der Waals surface area contributed by atoms with Gasteiger partial charge in [0.05, 0.1) is 12.2 Å². The first-order valence-electron chi connectivity index (χ1n) is 20.1. The second kappa shape index (κ2) is 37.1. The van der Waals surface area contributed by atoms with Crippen molar-refractivity contribution in [3.8, 4) is 0 Å². The summed E-state index contributed by atoms with van der Waals surface area (Å²) in [4.78, 5) is 0. The van der Waals surface area contributed by atoms with Crippen LogP contribution in [0.3, 0.4) is 0 Å². The average molecular weight is 595 g/mol. The van der Waals surface area contributed by atoms with Gasteiger partial charge in [-0.1, -0.05) is 232 Å². The molecule has 0 bridgehead atoms. The van der Waals surface area contributed by atoms with Gasteiger partial charge in [-0.3, -0.25) is 0 Å². The number of hydrogen-bond acceptors (Lipinski definition) is 2. The Morgan fingerprint density at radius 2 is 0.452 bits per heavy atom. The largest absolute Gasteiger partial charge is 0.390 e. The van der Waals surface area contributed by atoms with Gasteiger partial charge < -0.3 is 10.2 Å². The quantitative estimate of drug-likeness (QED) is 0.0702. The Kier molecular flexibility index (Phi) is 37.0. The lowest BCUT2D eigenvalue weighted by Gasteiger charge is -2.15. The number of aliphatic hydroxyl groups is 2. The Balaban J connectivity index is 3.07. The Morgan fingerprint density at radius 3 is 0.643 bits per heavy atom. The Hall–Kier alpha value is -0.0800. The highest BCUT2D eigenvalue weighted by atomic mass is 16.3. The maximum absolute atomic E-state index is 9.79. The van der Waals surface area contributed by atoms with E-state index in [9.17, 15) is 10.2 Å². The molecule has 0 saturated carbocycles. The molecule has 0 fully saturated rings. The van der Waals surface area contributed by atoms with E-state index in [-0.39, 0.29) is 0 Å². The van der Waals surface area contributed by atoms with Crippen LogP contribution in [0.4, 0.5) is 0 Å². The molecule has 0 aliphatic carbocycles. The summed E-state index contributed by atoms with van der Waals surface area (Å²) in [5.74, 6) is 0. The highest BCUT2D eigenvalue weighted by molar-refractivity contribution is 4.65. The maximum Gasteiger partial charge on any atom is 0.0799 e. The van der Waals surface area contributed by atoms with Gasteiger partial charge in [0.25, 0.3) is 0 Å². The molecule has 2 atom stereocenters. The van der Waals surface area contributed by atoms with Crippen molar-refractivity contribution in [2.24, 2.45) is 0 Å². The first-order chi connectivity index (χ1) is 20.7. The van der Waals surface area contributed by atoms with E-state index < -0.39 is 12.2 Å². The number of rotatable bonds is 37. The standard InChI is InChI=1S/C40H82O2/c1-3-5-6-7-8-9-10-11-12-13-14-15-16-17-18-19-20-21-22-23-24-25-26-27-28-29-30-31-32-33-34-35-36-37-38-40(42)39(41)4-2/h39-42H,3-38H2,1-2H3. The number of unbranched alkanes of at least 4 members (excludes halogenated alkanes) is 33. The normalized spacial score (nSPS) is 13.1. The van der Waals surface area contributed by atoms with Gasteiger partial charge in [0, 0.05) is 0 Å². The Labute approximate surface area is 267 Å². The lowest BCUT2D eigenvalue weighted by Crippen LogP contribution is -2.24. The summed E-state index contributed by atoms with van der Waals surface area (Å²) in [6, 6.07) is 0. The molecule has 0 aromatic rings. The van der Waals surface area contributed by atoms with Crippen LogP contribution in [0.25, 0.3) is 0 Å². The van der Waals surface area contributed by atoms with E-state index in [2.05, 4.69) is 6.92 Å². The monoisotopic (exact) mass is 595 g/mol. The molecule has 0 heterocycles. The van der Waals surface area contributed by atoms with Gasteiger partial charge in [-0.25, -0.2) is 0 Å². The average Bonchev–Trinajstić information content (AvgIpc) is 3.00. The molecule has 2 N–H and O–H groups in total. The van der Waals surface area contributed by atoms with Gasteiger partial charge in [-0.05, 0) is 12.8 Å². The lowest BCUT2D eigenvalue weighted by atomic mass is 10.0. The first kappa shape index (κ1) is 41.9. The van der Waals surface area contributed by atoms with Crippen molar-refractivity contribution in [3.63, 3.8) is 0 Å². The zero-order valence-electron chi connectivity index (χ0n) is 29.5. The molecule has 0 aromatic heterocycles. The fourth-order valence-electron chi connectivity index (χ4n) is 6.55. The smallest absolute Gasteiger partial charge is 0.0799 e. The summed E-state index contributed by atoms with van der Waals surface area (Å²) in [7, 11) is 0. The van der Waals surface area contributed by atoms with Crippen LogP contribution >= 0.6 is 0 Å². The van der Waals surface area contributed by atoms with Crippen molar-refractivity contribution < 1.29 is 10.2 Å². The minimum atomic E-state index is -0.529.